The third kappa shape index (κ3) is 10900. The molecule has 0 aliphatic carbocycles. The van der Waals surface area contributed by atoms with Crippen molar-refractivity contribution in [2.75, 3.05) is 0 Å². The topological polar surface area (TPSA) is 112 Å². The molecule has 3 N–H and O–H groups in total. The van der Waals surface area contributed by atoms with E-state index in [1.165, 1.54) is 0 Å². The molecule has 0 amide bonds. The molecule has 0 aromatic heterocycles. The van der Waals surface area contributed by atoms with E-state index in [2.05, 4.69) is 0 Å². The first-order valence-electron chi connectivity index (χ1n) is 2.78. The summed E-state index contributed by atoms with van der Waals surface area (Å²) in [7, 11) is 0. The maximum absolute atomic E-state index is 9.00. The van der Waals surface area contributed by atoms with Crippen LogP contribution in [0.4, 0.5) is 0 Å². The predicted octanol–water partition coefficient (Wildman–Crippen LogP) is 0.273. The first kappa shape index (κ1) is 23.0. The number of aliphatic carboxylic acids is 3. The normalized spacial score (nSPS) is 5.77. The van der Waals surface area contributed by atoms with Gasteiger partial charge in [-0.15, -0.1) is 0 Å². The van der Waals surface area contributed by atoms with Gasteiger partial charge in [-0.2, -0.15) is 0 Å². The Bertz CT molecular complexity index is 115. The van der Waals surface area contributed by atoms with Crippen LogP contribution < -0.4 is 0 Å². The molecule has 0 saturated carbocycles. The maximum atomic E-state index is 9.00. The largest absolute Gasteiger partial charge is 0.481 e. The standard InChI is InChI=1S/3C2H4O2.Dy/c3*1-2(3)4;/h3*1H3,(H,3,4);. The molecule has 82 valence electrons. The molecular weight excluding hydrogens is 331 g/mol. The zero-order valence-electron chi connectivity index (χ0n) is 7.38. The van der Waals surface area contributed by atoms with Crippen LogP contribution >= 0.6 is 0 Å². The van der Waals surface area contributed by atoms with E-state index < -0.39 is 17.9 Å². The molecule has 7 heteroatoms. The van der Waals surface area contributed by atoms with Crippen molar-refractivity contribution in [2.45, 2.75) is 20.8 Å². The van der Waals surface area contributed by atoms with Gasteiger partial charge in [0, 0.05) is 58.9 Å². The summed E-state index contributed by atoms with van der Waals surface area (Å²) in [5.41, 5.74) is 0. The van der Waals surface area contributed by atoms with E-state index in [1.807, 2.05) is 0 Å². The van der Waals surface area contributed by atoms with Crippen LogP contribution in [-0.4, -0.2) is 33.2 Å². The number of carboxylic acids is 3. The molecule has 0 radical (unpaired) electrons. The van der Waals surface area contributed by atoms with Gasteiger partial charge >= 0.3 is 0 Å². The summed E-state index contributed by atoms with van der Waals surface area (Å²) in [5.74, 6) is -2.50. The average Bonchev–Trinajstić information content (AvgIpc) is 1.54. The van der Waals surface area contributed by atoms with E-state index in [-0.39, 0.29) is 38.2 Å². The van der Waals surface area contributed by atoms with Crippen molar-refractivity contribution in [3.8, 4) is 0 Å². The summed E-state index contributed by atoms with van der Waals surface area (Å²) in [6, 6.07) is 0. The first-order chi connectivity index (χ1) is 5.20. The number of hydrogen-bond donors (Lipinski definition) is 3. The second-order valence-electron chi connectivity index (χ2n) is 1.56. The predicted molar refractivity (Wildman–Crippen MR) is 39.9 cm³/mol. The van der Waals surface area contributed by atoms with Crippen LogP contribution in [0.5, 0.6) is 0 Å². The Balaban J connectivity index is -0.0000000450. The molecule has 0 atom stereocenters. The molecule has 0 aromatic rings. The number of carbonyl (C=O) groups is 3. The second-order valence-corrected chi connectivity index (χ2v) is 1.56. The summed E-state index contributed by atoms with van der Waals surface area (Å²) < 4.78 is 0. The Morgan fingerprint density at radius 2 is 0.692 bits per heavy atom. The summed E-state index contributed by atoms with van der Waals surface area (Å²) >= 11 is 0. The zero-order chi connectivity index (χ0) is 10.7. The van der Waals surface area contributed by atoms with Crippen LogP contribution in [0, 0.1) is 38.2 Å². The van der Waals surface area contributed by atoms with E-state index >= 15 is 0 Å². The molecule has 6 nitrogen and oxygen atoms in total. The molecule has 13 heavy (non-hydrogen) atoms. The van der Waals surface area contributed by atoms with Gasteiger partial charge in [-0.05, 0) is 0 Å². The van der Waals surface area contributed by atoms with Crippen LogP contribution in [0.25, 0.3) is 0 Å². The van der Waals surface area contributed by atoms with Gasteiger partial charge in [-0.3, -0.25) is 14.4 Å². The monoisotopic (exact) mass is 344 g/mol. The van der Waals surface area contributed by atoms with Crippen LogP contribution in [0.3, 0.4) is 0 Å². The summed E-state index contributed by atoms with van der Waals surface area (Å²) in [5, 5.41) is 22.2. The van der Waals surface area contributed by atoms with Crippen molar-refractivity contribution in [1.29, 1.82) is 0 Å². The molecule has 0 heterocycles. The number of hydrogen-bond acceptors (Lipinski definition) is 3. The SMILES string of the molecule is CC(=O)O.CC(=O)O.CC(=O)O.[Dy]. The van der Waals surface area contributed by atoms with Gasteiger partial charge in [0.15, 0.2) is 0 Å². The Labute approximate surface area is 106 Å². The van der Waals surface area contributed by atoms with Crippen LogP contribution in [-0.2, 0) is 14.4 Å². The fourth-order valence-corrected chi connectivity index (χ4v) is 0. The fraction of sp³-hybridized carbons (Fsp3) is 0.500. The van der Waals surface area contributed by atoms with E-state index in [9.17, 15) is 0 Å². The number of rotatable bonds is 0. The van der Waals surface area contributed by atoms with Gasteiger partial charge in [-0.25, -0.2) is 0 Å². The molecule has 0 rings (SSSR count). The van der Waals surface area contributed by atoms with E-state index in [1.54, 1.807) is 0 Å². The second kappa shape index (κ2) is 17.7. The molecule has 0 aliphatic rings. The van der Waals surface area contributed by atoms with Crippen molar-refractivity contribution in [2.24, 2.45) is 0 Å². The Hall–Kier alpha value is -0.317. The van der Waals surface area contributed by atoms with Crippen molar-refractivity contribution >= 4 is 17.9 Å². The summed E-state index contributed by atoms with van der Waals surface area (Å²) in [4.78, 5) is 27.0. The van der Waals surface area contributed by atoms with Gasteiger partial charge in [0.1, 0.15) is 0 Å². The van der Waals surface area contributed by atoms with Crippen molar-refractivity contribution < 1.29 is 67.9 Å². The fourth-order valence-electron chi connectivity index (χ4n) is 0. The van der Waals surface area contributed by atoms with Crippen LogP contribution in [0.1, 0.15) is 20.8 Å². The molecule has 0 unspecified atom stereocenters. The molecule has 0 saturated heterocycles. The van der Waals surface area contributed by atoms with Gasteiger partial charge < -0.3 is 15.3 Å². The van der Waals surface area contributed by atoms with Gasteiger partial charge in [0.05, 0.1) is 0 Å². The quantitative estimate of drug-likeness (QED) is 0.582. The van der Waals surface area contributed by atoms with E-state index in [0.29, 0.717) is 0 Å². The smallest absolute Gasteiger partial charge is 0.300 e. The van der Waals surface area contributed by atoms with Crippen LogP contribution in [0.2, 0.25) is 0 Å². The van der Waals surface area contributed by atoms with Crippen molar-refractivity contribution in [1.82, 2.24) is 0 Å². The summed E-state index contributed by atoms with van der Waals surface area (Å²) in [6.45, 7) is 3.25. The van der Waals surface area contributed by atoms with Crippen molar-refractivity contribution in [3.63, 3.8) is 0 Å². The van der Waals surface area contributed by atoms with Crippen LogP contribution in [0.15, 0.2) is 0 Å². The van der Waals surface area contributed by atoms with Gasteiger partial charge in [0.2, 0.25) is 0 Å². The zero-order valence-corrected chi connectivity index (χ0v) is 9.41. The van der Waals surface area contributed by atoms with Gasteiger partial charge in [0.25, 0.3) is 17.9 Å². The van der Waals surface area contributed by atoms with Gasteiger partial charge in [-0.1, -0.05) is 0 Å². The average molecular weight is 343 g/mol. The first-order valence-corrected chi connectivity index (χ1v) is 2.78. The number of carboxylic acid groups (broad SMARTS) is 3. The molecule has 0 aromatic carbocycles. The third-order valence-electron chi connectivity index (χ3n) is 0. The Kier molecular flexibility index (Phi) is 31.2. The minimum atomic E-state index is -0.833. The third-order valence-corrected chi connectivity index (χ3v) is 0. The Morgan fingerprint density at radius 1 is 0.692 bits per heavy atom. The Morgan fingerprint density at radius 3 is 0.692 bits per heavy atom. The molecule has 0 bridgehead atoms. The van der Waals surface area contributed by atoms with Crippen molar-refractivity contribution in [3.05, 3.63) is 0 Å². The minimum Gasteiger partial charge on any atom is -0.481 e. The molecular formula is C6H12DyO6. The van der Waals surface area contributed by atoms with E-state index in [0.717, 1.165) is 20.8 Å². The molecule has 0 aliphatic heterocycles. The molecule has 0 fully saturated rings. The molecule has 0 spiro atoms. The minimum absolute atomic E-state index is 0. The maximum Gasteiger partial charge on any atom is 0.300 e. The summed E-state index contributed by atoms with van der Waals surface area (Å²) in [6.07, 6.45) is 0. The van der Waals surface area contributed by atoms with E-state index in [4.69, 9.17) is 29.7 Å².